The second-order valence-corrected chi connectivity index (χ2v) is 4.05. The number of rotatable bonds is 5. The van der Waals surface area contributed by atoms with E-state index in [0.29, 0.717) is 0 Å². The fourth-order valence-corrected chi connectivity index (χ4v) is 1.96. The van der Waals surface area contributed by atoms with Gasteiger partial charge in [-0.05, 0) is 25.1 Å². The van der Waals surface area contributed by atoms with Gasteiger partial charge in [-0.25, -0.2) is 4.68 Å². The van der Waals surface area contributed by atoms with Crippen LogP contribution in [-0.2, 0) is 13.0 Å². The molecule has 1 N–H and O–H groups in total. The zero-order chi connectivity index (χ0) is 12.1. The van der Waals surface area contributed by atoms with Gasteiger partial charge in [0.25, 0.3) is 0 Å². The van der Waals surface area contributed by atoms with Crippen molar-refractivity contribution in [2.45, 2.75) is 26.3 Å². The first-order valence-electron chi connectivity index (χ1n) is 5.99. The number of nitrogens with one attached hydrogen (secondary N) is 1. The average molecular weight is 230 g/mol. The molecule has 0 aliphatic carbocycles. The Morgan fingerprint density at radius 2 is 2.12 bits per heavy atom. The number of aromatic nitrogens is 3. The van der Waals surface area contributed by atoms with Gasteiger partial charge in [0.15, 0.2) is 0 Å². The third kappa shape index (κ3) is 2.53. The molecule has 2 aromatic rings. The number of aryl methyl sites for hydroxylation is 1. The molecule has 4 heteroatoms. The SMILES string of the molecule is CCCc1ccccc1-n1nncc1CNC. The van der Waals surface area contributed by atoms with Gasteiger partial charge < -0.3 is 5.32 Å². The minimum atomic E-state index is 0.771. The van der Waals surface area contributed by atoms with Gasteiger partial charge in [-0.15, -0.1) is 5.10 Å². The molecule has 0 aliphatic rings. The van der Waals surface area contributed by atoms with Crippen molar-refractivity contribution in [1.29, 1.82) is 0 Å². The summed E-state index contributed by atoms with van der Waals surface area (Å²) in [5, 5.41) is 11.3. The number of nitrogens with zero attached hydrogens (tertiary/aromatic N) is 3. The van der Waals surface area contributed by atoms with E-state index in [9.17, 15) is 0 Å². The maximum Gasteiger partial charge on any atom is 0.0783 e. The van der Waals surface area contributed by atoms with E-state index in [4.69, 9.17) is 0 Å². The van der Waals surface area contributed by atoms with Gasteiger partial charge in [0, 0.05) is 6.54 Å². The van der Waals surface area contributed by atoms with E-state index in [-0.39, 0.29) is 0 Å². The van der Waals surface area contributed by atoms with Crippen molar-refractivity contribution in [2.24, 2.45) is 0 Å². The summed E-state index contributed by atoms with van der Waals surface area (Å²) in [5.41, 5.74) is 3.53. The molecule has 2 rings (SSSR count). The van der Waals surface area contributed by atoms with Crippen LogP contribution in [0, 0.1) is 0 Å². The number of para-hydroxylation sites is 1. The molecule has 0 amide bonds. The standard InChI is InChI=1S/C13H18N4/c1-3-6-11-7-4-5-8-13(11)17-12(9-14-2)10-15-16-17/h4-5,7-8,10,14H,3,6,9H2,1-2H3. The maximum absolute atomic E-state index is 4.17. The van der Waals surface area contributed by atoms with E-state index in [1.54, 1.807) is 6.20 Å². The Balaban J connectivity index is 2.41. The predicted octanol–water partition coefficient (Wildman–Crippen LogP) is 1.94. The van der Waals surface area contributed by atoms with Crippen molar-refractivity contribution >= 4 is 0 Å². The highest BCUT2D eigenvalue weighted by Gasteiger charge is 2.08. The molecule has 0 atom stereocenters. The van der Waals surface area contributed by atoms with Crippen molar-refractivity contribution < 1.29 is 0 Å². The zero-order valence-corrected chi connectivity index (χ0v) is 10.3. The first kappa shape index (κ1) is 11.8. The van der Waals surface area contributed by atoms with E-state index in [1.165, 1.54) is 5.56 Å². The van der Waals surface area contributed by atoms with Crippen molar-refractivity contribution in [3.63, 3.8) is 0 Å². The van der Waals surface area contributed by atoms with Crippen LogP contribution in [0.3, 0.4) is 0 Å². The lowest BCUT2D eigenvalue weighted by Crippen LogP contribution is -2.12. The molecular weight excluding hydrogens is 212 g/mol. The van der Waals surface area contributed by atoms with E-state index in [2.05, 4.69) is 40.8 Å². The number of hydrogen-bond donors (Lipinski definition) is 1. The van der Waals surface area contributed by atoms with Gasteiger partial charge in [0.1, 0.15) is 0 Å². The normalized spacial score (nSPS) is 10.7. The quantitative estimate of drug-likeness (QED) is 0.853. The minimum Gasteiger partial charge on any atom is -0.314 e. The molecule has 1 aromatic heterocycles. The number of benzene rings is 1. The maximum atomic E-state index is 4.17. The third-order valence-electron chi connectivity index (χ3n) is 2.72. The van der Waals surface area contributed by atoms with Crippen molar-refractivity contribution in [1.82, 2.24) is 20.3 Å². The molecule has 4 nitrogen and oxygen atoms in total. The highest BCUT2D eigenvalue weighted by molar-refractivity contribution is 5.41. The largest absolute Gasteiger partial charge is 0.314 e. The van der Waals surface area contributed by atoms with E-state index >= 15 is 0 Å². The molecule has 1 aromatic carbocycles. The van der Waals surface area contributed by atoms with Gasteiger partial charge in [0.05, 0.1) is 17.6 Å². The molecule has 0 bridgehead atoms. The fraction of sp³-hybridized carbons (Fsp3) is 0.385. The lowest BCUT2D eigenvalue weighted by Gasteiger charge is -2.10. The average Bonchev–Trinajstić information content (AvgIpc) is 2.79. The topological polar surface area (TPSA) is 42.7 Å². The highest BCUT2D eigenvalue weighted by atomic mass is 15.4. The Morgan fingerprint density at radius 1 is 1.29 bits per heavy atom. The van der Waals surface area contributed by atoms with Gasteiger partial charge in [-0.2, -0.15) is 0 Å². The molecule has 90 valence electrons. The predicted molar refractivity (Wildman–Crippen MR) is 68.1 cm³/mol. The molecule has 17 heavy (non-hydrogen) atoms. The molecular formula is C13H18N4. The van der Waals surface area contributed by atoms with Gasteiger partial charge >= 0.3 is 0 Å². The Morgan fingerprint density at radius 3 is 2.88 bits per heavy atom. The van der Waals surface area contributed by atoms with E-state index in [1.807, 2.05) is 17.8 Å². The molecule has 0 fully saturated rings. The second-order valence-electron chi connectivity index (χ2n) is 4.05. The third-order valence-corrected chi connectivity index (χ3v) is 2.72. The van der Waals surface area contributed by atoms with Gasteiger partial charge in [0.2, 0.25) is 0 Å². The van der Waals surface area contributed by atoms with Crippen LogP contribution >= 0.6 is 0 Å². The van der Waals surface area contributed by atoms with Crippen molar-refractivity contribution in [2.75, 3.05) is 7.05 Å². The smallest absolute Gasteiger partial charge is 0.0783 e. The Kier molecular flexibility index (Phi) is 3.88. The summed E-state index contributed by atoms with van der Waals surface area (Å²) in [6.07, 6.45) is 4.00. The first-order chi connectivity index (χ1) is 8.36. The monoisotopic (exact) mass is 230 g/mol. The molecule has 0 spiro atoms. The first-order valence-corrected chi connectivity index (χ1v) is 5.99. The Labute approximate surface area is 102 Å². The van der Waals surface area contributed by atoms with Crippen LogP contribution in [0.25, 0.3) is 5.69 Å². The molecule has 0 unspecified atom stereocenters. The number of hydrogen-bond acceptors (Lipinski definition) is 3. The van der Waals surface area contributed by atoms with Crippen LogP contribution in [0.5, 0.6) is 0 Å². The second kappa shape index (κ2) is 5.59. The van der Waals surface area contributed by atoms with Crippen molar-refractivity contribution in [3.05, 3.63) is 41.7 Å². The van der Waals surface area contributed by atoms with Crippen LogP contribution in [0.1, 0.15) is 24.6 Å². The summed E-state index contributed by atoms with van der Waals surface area (Å²) in [4.78, 5) is 0. The van der Waals surface area contributed by atoms with Gasteiger partial charge in [-0.3, -0.25) is 0 Å². The summed E-state index contributed by atoms with van der Waals surface area (Å²) in [6.45, 7) is 2.96. The summed E-state index contributed by atoms with van der Waals surface area (Å²) in [5.74, 6) is 0. The molecule has 0 aliphatic heterocycles. The molecule has 1 heterocycles. The highest BCUT2D eigenvalue weighted by Crippen LogP contribution is 2.16. The Hall–Kier alpha value is -1.68. The van der Waals surface area contributed by atoms with Crippen LogP contribution < -0.4 is 5.32 Å². The molecule has 0 saturated carbocycles. The Bertz CT molecular complexity index is 476. The van der Waals surface area contributed by atoms with Crippen LogP contribution in [0.2, 0.25) is 0 Å². The van der Waals surface area contributed by atoms with E-state index < -0.39 is 0 Å². The zero-order valence-electron chi connectivity index (χ0n) is 10.3. The summed E-state index contributed by atoms with van der Waals surface area (Å²) in [7, 11) is 1.93. The lowest BCUT2D eigenvalue weighted by molar-refractivity contribution is 0.707. The molecule has 0 radical (unpaired) electrons. The summed E-state index contributed by atoms with van der Waals surface area (Å²) in [6, 6.07) is 8.37. The van der Waals surface area contributed by atoms with Crippen LogP contribution in [-0.4, -0.2) is 22.0 Å². The van der Waals surface area contributed by atoms with Crippen molar-refractivity contribution in [3.8, 4) is 5.69 Å². The molecule has 0 saturated heterocycles. The van der Waals surface area contributed by atoms with Gasteiger partial charge in [-0.1, -0.05) is 36.8 Å². The van der Waals surface area contributed by atoms with Crippen LogP contribution in [0.4, 0.5) is 0 Å². The summed E-state index contributed by atoms with van der Waals surface area (Å²) >= 11 is 0. The van der Waals surface area contributed by atoms with Crippen LogP contribution in [0.15, 0.2) is 30.5 Å². The van der Waals surface area contributed by atoms with E-state index in [0.717, 1.165) is 30.8 Å². The fourth-order valence-electron chi connectivity index (χ4n) is 1.96. The minimum absolute atomic E-state index is 0.771. The lowest BCUT2D eigenvalue weighted by atomic mass is 10.1. The summed E-state index contributed by atoms with van der Waals surface area (Å²) < 4.78 is 1.92.